The lowest BCUT2D eigenvalue weighted by Crippen LogP contribution is -2.32. The van der Waals surface area contributed by atoms with Gasteiger partial charge in [-0.25, -0.2) is 4.98 Å². The summed E-state index contributed by atoms with van der Waals surface area (Å²) in [5.41, 5.74) is -0.786. The second-order valence-electron chi connectivity index (χ2n) is 6.70. The van der Waals surface area contributed by atoms with Crippen LogP contribution in [0.4, 0.5) is 13.2 Å². The van der Waals surface area contributed by atoms with Crippen molar-refractivity contribution < 1.29 is 17.7 Å². The highest BCUT2D eigenvalue weighted by atomic mass is 19.4. The van der Waals surface area contributed by atoms with Crippen molar-refractivity contribution in [1.82, 2.24) is 24.6 Å². The van der Waals surface area contributed by atoms with Gasteiger partial charge in [0.15, 0.2) is 11.5 Å². The molecule has 0 amide bonds. The Morgan fingerprint density at radius 1 is 1.36 bits per heavy atom. The fraction of sp³-hybridized carbons (Fsp3) is 0.688. The molecular formula is C16H22F3N5O. The number of imidazole rings is 1. The Kier molecular flexibility index (Phi) is 5.12. The molecule has 1 aliphatic heterocycles. The summed E-state index contributed by atoms with van der Waals surface area (Å²) in [5.74, 6) is 2.16. The molecular weight excluding hydrogens is 335 g/mol. The van der Waals surface area contributed by atoms with Gasteiger partial charge in [-0.1, -0.05) is 5.16 Å². The molecule has 6 nitrogen and oxygen atoms in total. The maximum absolute atomic E-state index is 12.8. The number of rotatable bonds is 6. The van der Waals surface area contributed by atoms with Crippen molar-refractivity contribution in [2.24, 2.45) is 5.92 Å². The van der Waals surface area contributed by atoms with E-state index >= 15 is 0 Å². The minimum absolute atomic E-state index is 0.332. The van der Waals surface area contributed by atoms with Gasteiger partial charge in [0.1, 0.15) is 5.82 Å². The number of nitrogens with zero attached hydrogens (tertiary/aromatic N) is 5. The number of aryl methyl sites for hydroxylation is 3. The van der Waals surface area contributed by atoms with Gasteiger partial charge in [0.25, 0.3) is 0 Å². The van der Waals surface area contributed by atoms with Gasteiger partial charge in [0.05, 0.1) is 0 Å². The zero-order valence-corrected chi connectivity index (χ0v) is 14.4. The van der Waals surface area contributed by atoms with Crippen LogP contribution in [0.25, 0.3) is 0 Å². The topological polar surface area (TPSA) is 60.0 Å². The van der Waals surface area contributed by atoms with Gasteiger partial charge < -0.3 is 14.0 Å². The van der Waals surface area contributed by atoms with E-state index in [1.807, 2.05) is 7.05 Å². The zero-order valence-electron chi connectivity index (χ0n) is 14.4. The lowest BCUT2D eigenvalue weighted by molar-refractivity contribution is -0.141. The van der Waals surface area contributed by atoms with Gasteiger partial charge in [0.2, 0.25) is 5.89 Å². The normalized spacial score (nSPS) is 17.9. The Morgan fingerprint density at radius 2 is 2.16 bits per heavy atom. The second kappa shape index (κ2) is 7.15. The number of hydrogen-bond acceptors (Lipinski definition) is 5. The quantitative estimate of drug-likeness (QED) is 0.796. The van der Waals surface area contributed by atoms with E-state index in [1.54, 1.807) is 11.5 Å². The van der Waals surface area contributed by atoms with Crippen molar-refractivity contribution in [3.8, 4) is 0 Å². The molecule has 2 aromatic heterocycles. The van der Waals surface area contributed by atoms with E-state index in [4.69, 9.17) is 4.52 Å². The number of fused-ring (bicyclic) bond motifs is 1. The molecule has 0 spiro atoms. The molecule has 2 aromatic rings. The molecule has 138 valence electrons. The van der Waals surface area contributed by atoms with E-state index in [-0.39, 0.29) is 0 Å². The van der Waals surface area contributed by atoms with Crippen LogP contribution < -0.4 is 0 Å². The molecule has 1 aliphatic rings. The largest absolute Gasteiger partial charge is 0.434 e. The summed E-state index contributed by atoms with van der Waals surface area (Å²) in [5, 5.41) is 3.76. The highest BCUT2D eigenvalue weighted by Crippen LogP contribution is 2.30. The van der Waals surface area contributed by atoms with E-state index in [0.717, 1.165) is 38.5 Å². The van der Waals surface area contributed by atoms with E-state index in [2.05, 4.69) is 20.0 Å². The summed E-state index contributed by atoms with van der Waals surface area (Å²) in [6.07, 6.45) is -0.143. The van der Waals surface area contributed by atoms with Crippen LogP contribution in [0.2, 0.25) is 0 Å². The second-order valence-corrected chi connectivity index (χ2v) is 6.70. The standard InChI is InChI=1S/C16H22F3N5O/c1-11-20-15(25-22-11)4-3-7-23(2)8-12-5-6-14-21-13(16(17,18)19)10-24(14)9-12/h10,12H,3-9H2,1-2H3/t12-/m0/s1. The van der Waals surface area contributed by atoms with Crippen LogP contribution in [0.3, 0.4) is 0 Å². The molecule has 0 saturated heterocycles. The van der Waals surface area contributed by atoms with Crippen molar-refractivity contribution in [3.63, 3.8) is 0 Å². The lowest BCUT2D eigenvalue weighted by atomic mass is 9.99. The number of hydrogen-bond donors (Lipinski definition) is 0. The van der Waals surface area contributed by atoms with Gasteiger partial charge in [-0.3, -0.25) is 0 Å². The maximum atomic E-state index is 12.8. The predicted molar refractivity (Wildman–Crippen MR) is 83.9 cm³/mol. The van der Waals surface area contributed by atoms with Gasteiger partial charge >= 0.3 is 6.18 Å². The van der Waals surface area contributed by atoms with E-state index in [1.165, 1.54) is 0 Å². The molecule has 9 heteroatoms. The van der Waals surface area contributed by atoms with Gasteiger partial charge in [-0.15, -0.1) is 0 Å². The Hall–Kier alpha value is -1.90. The van der Waals surface area contributed by atoms with Crippen LogP contribution in [-0.2, 0) is 25.6 Å². The average Bonchev–Trinajstić information content (AvgIpc) is 3.12. The molecule has 0 aromatic carbocycles. The van der Waals surface area contributed by atoms with Crippen molar-refractivity contribution in [1.29, 1.82) is 0 Å². The summed E-state index contributed by atoms with van der Waals surface area (Å²) < 4.78 is 45.0. The van der Waals surface area contributed by atoms with Crippen LogP contribution in [0.5, 0.6) is 0 Å². The van der Waals surface area contributed by atoms with Crippen LogP contribution in [0, 0.1) is 12.8 Å². The molecule has 0 bridgehead atoms. The van der Waals surface area contributed by atoms with Crippen LogP contribution in [0.1, 0.15) is 36.1 Å². The molecule has 3 heterocycles. The molecule has 3 rings (SSSR count). The highest BCUT2D eigenvalue weighted by molar-refractivity contribution is 5.09. The van der Waals surface area contributed by atoms with Crippen molar-refractivity contribution in [3.05, 3.63) is 29.4 Å². The summed E-state index contributed by atoms with van der Waals surface area (Å²) in [6.45, 7) is 4.10. The Bertz CT molecular complexity index is 709. The zero-order chi connectivity index (χ0) is 18.0. The highest BCUT2D eigenvalue weighted by Gasteiger charge is 2.35. The smallest absolute Gasteiger partial charge is 0.339 e. The lowest BCUT2D eigenvalue weighted by Gasteiger charge is -2.28. The summed E-state index contributed by atoms with van der Waals surface area (Å²) in [7, 11) is 2.03. The molecule has 0 unspecified atom stereocenters. The van der Waals surface area contributed by atoms with Crippen molar-refractivity contribution in [2.45, 2.75) is 45.3 Å². The fourth-order valence-electron chi connectivity index (χ4n) is 3.27. The first-order chi connectivity index (χ1) is 11.8. The number of aromatic nitrogens is 4. The minimum atomic E-state index is -4.37. The SMILES string of the molecule is Cc1noc(CCCN(C)C[C@@H]2CCc3nc(C(F)(F)F)cn3C2)n1. The van der Waals surface area contributed by atoms with Gasteiger partial charge in [0, 0.05) is 32.1 Å². The van der Waals surface area contributed by atoms with Crippen LogP contribution >= 0.6 is 0 Å². The van der Waals surface area contributed by atoms with E-state index in [0.29, 0.717) is 36.4 Å². The number of alkyl halides is 3. The Balaban J connectivity index is 1.46. The van der Waals surface area contributed by atoms with Gasteiger partial charge in [-0.05, 0) is 39.3 Å². The Labute approximate surface area is 144 Å². The first kappa shape index (κ1) is 17.9. The van der Waals surface area contributed by atoms with E-state index in [9.17, 15) is 13.2 Å². The van der Waals surface area contributed by atoms with Crippen molar-refractivity contribution >= 4 is 0 Å². The summed E-state index contributed by atoms with van der Waals surface area (Å²) in [4.78, 5) is 10.1. The maximum Gasteiger partial charge on any atom is 0.434 e. The third-order valence-corrected chi connectivity index (χ3v) is 4.45. The van der Waals surface area contributed by atoms with Crippen LogP contribution in [0.15, 0.2) is 10.7 Å². The molecule has 0 N–H and O–H groups in total. The molecule has 1 atom stereocenters. The molecule has 0 saturated carbocycles. The molecule has 0 radical (unpaired) electrons. The average molecular weight is 357 g/mol. The first-order valence-electron chi connectivity index (χ1n) is 8.42. The minimum Gasteiger partial charge on any atom is -0.339 e. The fourth-order valence-corrected chi connectivity index (χ4v) is 3.27. The third kappa shape index (κ3) is 4.59. The van der Waals surface area contributed by atoms with E-state index < -0.39 is 11.9 Å². The third-order valence-electron chi connectivity index (χ3n) is 4.45. The van der Waals surface area contributed by atoms with Crippen molar-refractivity contribution in [2.75, 3.05) is 20.1 Å². The molecule has 25 heavy (non-hydrogen) atoms. The Morgan fingerprint density at radius 3 is 2.84 bits per heavy atom. The number of halogens is 3. The van der Waals surface area contributed by atoms with Gasteiger partial charge in [-0.2, -0.15) is 18.2 Å². The van der Waals surface area contributed by atoms with Crippen LogP contribution in [-0.4, -0.2) is 44.7 Å². The molecule has 0 fully saturated rings. The summed E-state index contributed by atoms with van der Waals surface area (Å²) in [6, 6.07) is 0. The summed E-state index contributed by atoms with van der Waals surface area (Å²) >= 11 is 0. The predicted octanol–water partition coefficient (Wildman–Crippen LogP) is 2.72. The monoisotopic (exact) mass is 357 g/mol. The first-order valence-corrected chi connectivity index (χ1v) is 8.42. The molecule has 0 aliphatic carbocycles.